The molecule has 1 aromatic heterocycles. The standard InChI is InChI=1S/C14H15N5O4/c1-3-18-13(12(8-15-18)19(22)23)14(21)17-11-6-4-10(5-7-11)16-9(2)20/h4-8H,3H2,1-2H3,(H,16,20)(H,17,21). The predicted molar refractivity (Wildman–Crippen MR) is 83.3 cm³/mol. The average molecular weight is 317 g/mol. The Morgan fingerprint density at radius 3 is 2.26 bits per heavy atom. The lowest BCUT2D eigenvalue weighted by molar-refractivity contribution is -0.385. The SMILES string of the molecule is CCn1ncc([N+](=O)[O-])c1C(=O)Nc1ccc(NC(C)=O)cc1. The molecule has 0 fully saturated rings. The van der Waals surface area contributed by atoms with E-state index < -0.39 is 10.8 Å². The number of amides is 2. The molecule has 9 heteroatoms. The quantitative estimate of drug-likeness (QED) is 0.646. The van der Waals surface area contributed by atoms with Gasteiger partial charge in [0.25, 0.3) is 5.91 Å². The van der Waals surface area contributed by atoms with E-state index in [-0.39, 0.29) is 17.3 Å². The van der Waals surface area contributed by atoms with Gasteiger partial charge in [-0.15, -0.1) is 0 Å². The molecule has 0 saturated heterocycles. The van der Waals surface area contributed by atoms with Crippen LogP contribution in [-0.4, -0.2) is 26.5 Å². The molecular weight excluding hydrogens is 302 g/mol. The Bertz CT molecular complexity index is 751. The molecule has 23 heavy (non-hydrogen) atoms. The molecule has 2 N–H and O–H groups in total. The summed E-state index contributed by atoms with van der Waals surface area (Å²) >= 11 is 0. The van der Waals surface area contributed by atoms with Crippen molar-refractivity contribution in [1.82, 2.24) is 9.78 Å². The summed E-state index contributed by atoms with van der Waals surface area (Å²) in [5, 5.41) is 20.0. The van der Waals surface area contributed by atoms with Crippen LogP contribution in [0.1, 0.15) is 24.3 Å². The number of hydrogen-bond acceptors (Lipinski definition) is 5. The highest BCUT2D eigenvalue weighted by molar-refractivity contribution is 6.05. The summed E-state index contributed by atoms with van der Waals surface area (Å²) in [4.78, 5) is 33.6. The molecule has 0 atom stereocenters. The van der Waals surface area contributed by atoms with Crippen molar-refractivity contribution in [3.05, 3.63) is 46.3 Å². The number of carbonyl (C=O) groups excluding carboxylic acids is 2. The number of aryl methyl sites for hydroxylation is 1. The number of hydrogen-bond donors (Lipinski definition) is 2. The molecule has 0 spiro atoms. The van der Waals surface area contributed by atoms with Crippen LogP contribution in [0.15, 0.2) is 30.5 Å². The van der Waals surface area contributed by atoms with Crippen LogP contribution in [0, 0.1) is 10.1 Å². The number of rotatable bonds is 5. The lowest BCUT2D eigenvalue weighted by Crippen LogP contribution is -2.18. The predicted octanol–water partition coefficient (Wildman–Crippen LogP) is 2.02. The van der Waals surface area contributed by atoms with Crippen molar-refractivity contribution in [2.24, 2.45) is 0 Å². The maximum absolute atomic E-state index is 12.3. The Morgan fingerprint density at radius 1 is 1.22 bits per heavy atom. The van der Waals surface area contributed by atoms with E-state index in [1.54, 1.807) is 31.2 Å². The Balaban J connectivity index is 2.20. The molecule has 0 aliphatic carbocycles. The number of carbonyl (C=O) groups is 2. The first-order chi connectivity index (χ1) is 10.9. The fraction of sp³-hybridized carbons (Fsp3) is 0.214. The summed E-state index contributed by atoms with van der Waals surface area (Å²) in [6.45, 7) is 3.45. The lowest BCUT2D eigenvalue weighted by Gasteiger charge is -2.08. The van der Waals surface area contributed by atoms with Crippen molar-refractivity contribution in [3.63, 3.8) is 0 Å². The molecule has 0 radical (unpaired) electrons. The smallest absolute Gasteiger partial charge is 0.320 e. The van der Waals surface area contributed by atoms with Crippen molar-refractivity contribution in [2.75, 3.05) is 10.6 Å². The van der Waals surface area contributed by atoms with Gasteiger partial charge in [-0.25, -0.2) is 0 Å². The second kappa shape index (κ2) is 6.69. The van der Waals surface area contributed by atoms with Crippen LogP contribution in [-0.2, 0) is 11.3 Å². The van der Waals surface area contributed by atoms with E-state index in [0.717, 1.165) is 6.20 Å². The number of aromatic nitrogens is 2. The van der Waals surface area contributed by atoms with E-state index in [9.17, 15) is 19.7 Å². The summed E-state index contributed by atoms with van der Waals surface area (Å²) in [5.41, 5.74) is 0.574. The summed E-state index contributed by atoms with van der Waals surface area (Å²) in [5.74, 6) is -0.826. The summed E-state index contributed by atoms with van der Waals surface area (Å²) in [6, 6.07) is 6.40. The first-order valence-electron chi connectivity index (χ1n) is 6.81. The van der Waals surface area contributed by atoms with Crippen LogP contribution < -0.4 is 10.6 Å². The highest BCUT2D eigenvalue weighted by Gasteiger charge is 2.26. The molecule has 1 aromatic carbocycles. The minimum Gasteiger partial charge on any atom is -0.326 e. The molecule has 0 bridgehead atoms. The fourth-order valence-corrected chi connectivity index (χ4v) is 2.01. The van der Waals surface area contributed by atoms with Gasteiger partial charge in [0.05, 0.1) is 4.92 Å². The number of benzene rings is 1. The zero-order valence-corrected chi connectivity index (χ0v) is 12.6. The minimum absolute atomic E-state index is 0.108. The van der Waals surface area contributed by atoms with E-state index in [1.807, 2.05) is 0 Å². The number of anilines is 2. The third-order valence-corrected chi connectivity index (χ3v) is 2.99. The van der Waals surface area contributed by atoms with Gasteiger partial charge in [0.2, 0.25) is 11.6 Å². The largest absolute Gasteiger partial charge is 0.326 e. The fourth-order valence-electron chi connectivity index (χ4n) is 2.01. The maximum Gasteiger partial charge on any atom is 0.320 e. The van der Waals surface area contributed by atoms with Gasteiger partial charge in [0.1, 0.15) is 6.20 Å². The van der Waals surface area contributed by atoms with Crippen molar-refractivity contribution in [2.45, 2.75) is 20.4 Å². The normalized spacial score (nSPS) is 10.2. The van der Waals surface area contributed by atoms with E-state index in [4.69, 9.17) is 0 Å². The van der Waals surface area contributed by atoms with Gasteiger partial charge in [-0.2, -0.15) is 5.10 Å². The van der Waals surface area contributed by atoms with Crippen molar-refractivity contribution >= 4 is 28.9 Å². The van der Waals surface area contributed by atoms with Gasteiger partial charge in [0, 0.05) is 24.8 Å². The van der Waals surface area contributed by atoms with E-state index in [0.29, 0.717) is 17.9 Å². The lowest BCUT2D eigenvalue weighted by atomic mass is 10.2. The van der Waals surface area contributed by atoms with Crippen molar-refractivity contribution in [3.8, 4) is 0 Å². The minimum atomic E-state index is -0.645. The van der Waals surface area contributed by atoms with Gasteiger partial charge < -0.3 is 10.6 Å². The van der Waals surface area contributed by atoms with Crippen LogP contribution in [0.3, 0.4) is 0 Å². The van der Waals surface area contributed by atoms with Crippen LogP contribution in [0.5, 0.6) is 0 Å². The van der Waals surface area contributed by atoms with Gasteiger partial charge in [-0.05, 0) is 31.2 Å². The van der Waals surface area contributed by atoms with Gasteiger partial charge in [-0.1, -0.05) is 0 Å². The topological polar surface area (TPSA) is 119 Å². The molecule has 2 aromatic rings. The van der Waals surface area contributed by atoms with E-state index >= 15 is 0 Å². The Morgan fingerprint density at radius 2 is 1.78 bits per heavy atom. The molecule has 0 unspecified atom stereocenters. The van der Waals surface area contributed by atoms with Crippen molar-refractivity contribution < 1.29 is 14.5 Å². The highest BCUT2D eigenvalue weighted by atomic mass is 16.6. The molecule has 2 amide bonds. The Labute approximate surface area is 131 Å². The van der Waals surface area contributed by atoms with E-state index in [1.165, 1.54) is 11.6 Å². The van der Waals surface area contributed by atoms with Crippen LogP contribution in [0.4, 0.5) is 17.1 Å². The number of nitrogens with zero attached hydrogens (tertiary/aromatic N) is 3. The van der Waals surface area contributed by atoms with E-state index in [2.05, 4.69) is 15.7 Å². The molecule has 2 rings (SSSR count). The molecular formula is C14H15N5O4. The summed E-state index contributed by atoms with van der Waals surface area (Å²) in [7, 11) is 0. The summed E-state index contributed by atoms with van der Waals surface area (Å²) < 4.78 is 1.26. The number of nitrogens with one attached hydrogen (secondary N) is 2. The molecule has 0 aliphatic rings. The zero-order valence-electron chi connectivity index (χ0n) is 12.6. The highest BCUT2D eigenvalue weighted by Crippen LogP contribution is 2.20. The number of nitro groups is 1. The van der Waals surface area contributed by atoms with Crippen molar-refractivity contribution in [1.29, 1.82) is 0 Å². The van der Waals surface area contributed by atoms with Gasteiger partial charge >= 0.3 is 5.69 Å². The first-order valence-corrected chi connectivity index (χ1v) is 6.81. The van der Waals surface area contributed by atoms with Gasteiger partial charge in [-0.3, -0.25) is 24.4 Å². The first kappa shape index (κ1) is 16.1. The molecule has 1 heterocycles. The zero-order chi connectivity index (χ0) is 17.0. The third-order valence-electron chi connectivity index (χ3n) is 2.99. The third kappa shape index (κ3) is 3.70. The van der Waals surface area contributed by atoms with Gasteiger partial charge in [0.15, 0.2) is 0 Å². The summed E-state index contributed by atoms with van der Waals surface area (Å²) in [6.07, 6.45) is 1.05. The van der Waals surface area contributed by atoms with Crippen LogP contribution >= 0.6 is 0 Å². The second-order valence-corrected chi connectivity index (χ2v) is 4.66. The van der Waals surface area contributed by atoms with Crippen LogP contribution in [0.2, 0.25) is 0 Å². The molecule has 120 valence electrons. The Hall–Kier alpha value is -3.23. The molecule has 0 saturated carbocycles. The molecule has 9 nitrogen and oxygen atoms in total. The molecule has 0 aliphatic heterocycles. The monoisotopic (exact) mass is 317 g/mol. The second-order valence-electron chi connectivity index (χ2n) is 4.66. The maximum atomic E-state index is 12.3. The van der Waals surface area contributed by atoms with Crippen LogP contribution in [0.25, 0.3) is 0 Å². The average Bonchev–Trinajstić information content (AvgIpc) is 2.93. The Kier molecular flexibility index (Phi) is 4.69.